The molecule has 1 atom stereocenters. The Balaban J connectivity index is 2.47. The minimum atomic E-state index is -3.79. The first kappa shape index (κ1) is 17.2. The molecule has 8 heteroatoms. The molecule has 0 bridgehead atoms. The van der Waals surface area contributed by atoms with Crippen LogP contribution in [-0.2, 0) is 10.0 Å². The minimum absolute atomic E-state index is 0.0695. The molecule has 0 aliphatic carbocycles. The first-order valence-electron chi connectivity index (χ1n) is 5.91. The van der Waals surface area contributed by atoms with Crippen molar-refractivity contribution < 1.29 is 8.42 Å². The molecular weight excluding hydrogens is 417 g/mol. The van der Waals surface area contributed by atoms with E-state index in [1.54, 1.807) is 0 Å². The van der Waals surface area contributed by atoms with Gasteiger partial charge >= 0.3 is 0 Å². The van der Waals surface area contributed by atoms with Crippen molar-refractivity contribution >= 4 is 60.5 Å². The maximum Gasteiger partial charge on any atom is 0.246 e. The number of sulfonamides is 1. The molecule has 0 aliphatic heterocycles. The molecule has 2 rings (SSSR count). The molecule has 1 aromatic heterocycles. The molecule has 21 heavy (non-hydrogen) atoms. The predicted molar refractivity (Wildman–Crippen MR) is 91.8 cm³/mol. The molecule has 0 spiro atoms. The highest BCUT2D eigenvalue weighted by Crippen LogP contribution is 2.37. The van der Waals surface area contributed by atoms with Crippen molar-refractivity contribution in [2.24, 2.45) is 0 Å². The standard InChI is InChI=1S/C13H12BrCl2NO2S2/c1-8(12-4-3-5-20-12)17(2)21(18,19)13-10(15)6-9(14)7-11(13)16/h3-8H,1-2H3. The number of thiophene rings is 1. The topological polar surface area (TPSA) is 37.4 Å². The molecule has 0 saturated heterocycles. The van der Waals surface area contributed by atoms with E-state index in [-0.39, 0.29) is 21.0 Å². The molecule has 0 saturated carbocycles. The molecular formula is C13H12BrCl2NO2S2. The summed E-state index contributed by atoms with van der Waals surface area (Å²) in [4.78, 5) is 0.880. The van der Waals surface area contributed by atoms with Crippen molar-refractivity contribution in [2.75, 3.05) is 7.05 Å². The number of hydrogen-bond donors (Lipinski definition) is 0. The van der Waals surface area contributed by atoms with Crippen LogP contribution in [0.2, 0.25) is 10.0 Å². The van der Waals surface area contributed by atoms with Crippen molar-refractivity contribution in [3.63, 3.8) is 0 Å². The van der Waals surface area contributed by atoms with E-state index in [1.165, 1.54) is 34.8 Å². The molecule has 0 aliphatic rings. The fraction of sp³-hybridized carbons (Fsp3) is 0.231. The Bertz CT molecular complexity index is 725. The van der Waals surface area contributed by atoms with Crippen molar-refractivity contribution in [2.45, 2.75) is 17.9 Å². The van der Waals surface area contributed by atoms with Gasteiger partial charge in [0, 0.05) is 16.4 Å². The Morgan fingerprint density at radius 3 is 2.33 bits per heavy atom. The van der Waals surface area contributed by atoms with E-state index in [9.17, 15) is 8.42 Å². The summed E-state index contributed by atoms with van der Waals surface area (Å²) in [6.07, 6.45) is 0. The number of hydrogen-bond acceptors (Lipinski definition) is 3. The van der Waals surface area contributed by atoms with Crippen LogP contribution < -0.4 is 0 Å². The molecule has 2 aromatic rings. The van der Waals surface area contributed by atoms with Gasteiger partial charge in [-0.2, -0.15) is 4.31 Å². The van der Waals surface area contributed by atoms with Gasteiger partial charge < -0.3 is 0 Å². The van der Waals surface area contributed by atoms with E-state index in [4.69, 9.17) is 23.2 Å². The maximum absolute atomic E-state index is 12.8. The van der Waals surface area contributed by atoms with Crippen LogP contribution in [0.1, 0.15) is 17.8 Å². The molecule has 1 unspecified atom stereocenters. The van der Waals surface area contributed by atoms with Crippen molar-refractivity contribution in [3.05, 3.63) is 49.0 Å². The summed E-state index contributed by atoms with van der Waals surface area (Å²) in [6, 6.07) is 6.52. The Hall–Kier alpha value is -0.110. The molecule has 3 nitrogen and oxygen atoms in total. The van der Waals surface area contributed by atoms with Gasteiger partial charge in [0.05, 0.1) is 16.1 Å². The van der Waals surface area contributed by atoms with Crippen LogP contribution in [0.4, 0.5) is 0 Å². The zero-order valence-electron chi connectivity index (χ0n) is 11.2. The summed E-state index contributed by atoms with van der Waals surface area (Å²) in [5.41, 5.74) is 0. The zero-order valence-corrected chi connectivity index (χ0v) is 15.9. The van der Waals surface area contributed by atoms with Crippen molar-refractivity contribution in [1.29, 1.82) is 0 Å². The number of benzene rings is 1. The summed E-state index contributed by atoms with van der Waals surface area (Å²) < 4.78 is 27.4. The van der Waals surface area contributed by atoms with Crippen LogP contribution in [0.3, 0.4) is 0 Å². The van der Waals surface area contributed by atoms with Gasteiger partial charge in [-0.1, -0.05) is 45.2 Å². The Morgan fingerprint density at radius 2 is 1.86 bits per heavy atom. The van der Waals surface area contributed by atoms with Gasteiger partial charge in [0.1, 0.15) is 4.90 Å². The molecule has 0 fully saturated rings. The smallest absolute Gasteiger partial charge is 0.207 e. The first-order valence-corrected chi connectivity index (χ1v) is 9.78. The molecule has 0 amide bonds. The fourth-order valence-electron chi connectivity index (χ4n) is 1.84. The second-order valence-electron chi connectivity index (χ2n) is 4.41. The maximum atomic E-state index is 12.8. The van der Waals surface area contributed by atoms with E-state index in [1.807, 2.05) is 24.4 Å². The quantitative estimate of drug-likeness (QED) is 0.670. The summed E-state index contributed by atoms with van der Waals surface area (Å²) in [7, 11) is -2.26. The van der Waals surface area contributed by atoms with Gasteiger partial charge in [0.25, 0.3) is 0 Å². The minimum Gasteiger partial charge on any atom is -0.207 e. The number of halogens is 3. The summed E-state index contributed by atoms with van der Waals surface area (Å²) in [6.45, 7) is 1.82. The third-order valence-electron chi connectivity index (χ3n) is 3.10. The van der Waals surface area contributed by atoms with Crippen LogP contribution in [0, 0.1) is 0 Å². The molecule has 0 N–H and O–H groups in total. The lowest BCUT2D eigenvalue weighted by molar-refractivity contribution is 0.403. The van der Waals surface area contributed by atoms with Gasteiger partial charge in [0.15, 0.2) is 0 Å². The number of nitrogens with zero attached hydrogens (tertiary/aromatic N) is 1. The average Bonchev–Trinajstić information content (AvgIpc) is 2.89. The van der Waals surface area contributed by atoms with Gasteiger partial charge in [-0.15, -0.1) is 11.3 Å². The van der Waals surface area contributed by atoms with E-state index in [2.05, 4.69) is 15.9 Å². The zero-order chi connectivity index (χ0) is 15.8. The first-order chi connectivity index (χ1) is 9.75. The highest BCUT2D eigenvalue weighted by atomic mass is 79.9. The van der Waals surface area contributed by atoms with Crippen LogP contribution in [-0.4, -0.2) is 19.8 Å². The van der Waals surface area contributed by atoms with E-state index < -0.39 is 10.0 Å². The van der Waals surface area contributed by atoms with Gasteiger partial charge in [0.2, 0.25) is 10.0 Å². The van der Waals surface area contributed by atoms with E-state index >= 15 is 0 Å². The second kappa shape index (κ2) is 6.56. The lowest BCUT2D eigenvalue weighted by atomic mass is 10.3. The lowest BCUT2D eigenvalue weighted by Gasteiger charge is -2.24. The van der Waals surface area contributed by atoms with Crippen molar-refractivity contribution in [1.82, 2.24) is 4.31 Å². The average molecular weight is 429 g/mol. The molecule has 0 radical (unpaired) electrons. The Labute approximate surface area is 146 Å². The van der Waals surface area contributed by atoms with Crippen LogP contribution in [0.15, 0.2) is 39.0 Å². The Kier molecular flexibility index (Phi) is 5.39. The summed E-state index contributed by atoms with van der Waals surface area (Å²) in [5.74, 6) is 0. The molecule has 1 aromatic carbocycles. The SMILES string of the molecule is CC(c1cccs1)N(C)S(=O)(=O)c1c(Cl)cc(Br)cc1Cl. The van der Waals surface area contributed by atoms with Crippen LogP contribution in [0.5, 0.6) is 0 Å². The van der Waals surface area contributed by atoms with Gasteiger partial charge in [-0.25, -0.2) is 8.42 Å². The largest absolute Gasteiger partial charge is 0.246 e. The predicted octanol–water partition coefficient (Wildman–Crippen LogP) is 5.20. The number of rotatable bonds is 4. The summed E-state index contributed by atoms with van der Waals surface area (Å²) >= 11 is 16.9. The Morgan fingerprint density at radius 1 is 1.29 bits per heavy atom. The summed E-state index contributed by atoms with van der Waals surface area (Å²) in [5, 5.41) is 2.10. The normalized spacial score (nSPS) is 13.6. The van der Waals surface area contributed by atoms with Crippen LogP contribution >= 0.6 is 50.5 Å². The third kappa shape index (κ3) is 3.46. The van der Waals surface area contributed by atoms with Gasteiger partial charge in [-0.3, -0.25) is 0 Å². The second-order valence-corrected chi connectivity index (χ2v) is 9.05. The monoisotopic (exact) mass is 427 g/mol. The molecule has 114 valence electrons. The van der Waals surface area contributed by atoms with E-state index in [0.29, 0.717) is 4.47 Å². The van der Waals surface area contributed by atoms with Gasteiger partial charge in [-0.05, 0) is 30.5 Å². The third-order valence-corrected chi connectivity index (χ3v) is 7.45. The highest BCUT2D eigenvalue weighted by Gasteiger charge is 2.31. The van der Waals surface area contributed by atoms with Crippen LogP contribution in [0.25, 0.3) is 0 Å². The van der Waals surface area contributed by atoms with Crippen molar-refractivity contribution in [3.8, 4) is 0 Å². The van der Waals surface area contributed by atoms with E-state index in [0.717, 1.165) is 4.88 Å². The fourth-order valence-corrected chi connectivity index (χ4v) is 5.95. The highest BCUT2D eigenvalue weighted by molar-refractivity contribution is 9.10. The molecule has 1 heterocycles. The lowest BCUT2D eigenvalue weighted by Crippen LogP contribution is -2.29.